The fraction of sp³-hybridized carbons (Fsp3) is 0.579. The molecule has 0 spiro atoms. The van der Waals surface area contributed by atoms with Crippen molar-refractivity contribution in [3.05, 3.63) is 28.3 Å². The number of hydrogen-bond acceptors (Lipinski definition) is 7. The lowest BCUT2D eigenvalue weighted by Crippen LogP contribution is -2.54. The van der Waals surface area contributed by atoms with Gasteiger partial charge in [-0.05, 0) is 25.8 Å². The maximum Gasteiger partial charge on any atom is 0.271 e. The number of amides is 2. The molecule has 1 aromatic rings. The molecule has 1 aromatic carbocycles. The van der Waals surface area contributed by atoms with Crippen LogP contribution in [0.1, 0.15) is 19.8 Å². The summed E-state index contributed by atoms with van der Waals surface area (Å²) in [5.41, 5.74) is 0.153. The van der Waals surface area contributed by atoms with Crippen molar-refractivity contribution in [3.8, 4) is 5.75 Å². The molecule has 1 unspecified atom stereocenters. The molecule has 0 radical (unpaired) electrons. The molecule has 1 heterocycles. The molecule has 158 valence electrons. The van der Waals surface area contributed by atoms with Crippen molar-refractivity contribution in [2.24, 2.45) is 0 Å². The fourth-order valence-electron chi connectivity index (χ4n) is 3.32. The third kappa shape index (κ3) is 5.64. The summed E-state index contributed by atoms with van der Waals surface area (Å²) in [7, 11) is 1.44. The summed E-state index contributed by atoms with van der Waals surface area (Å²) in [4.78, 5) is 39.2. The lowest BCUT2D eigenvalue weighted by atomic mass is 10.2. The Morgan fingerprint density at radius 1 is 1.28 bits per heavy atom. The maximum atomic E-state index is 12.7. The van der Waals surface area contributed by atoms with Crippen molar-refractivity contribution >= 4 is 23.2 Å². The van der Waals surface area contributed by atoms with Crippen LogP contribution in [0.2, 0.25) is 0 Å². The molecule has 0 bridgehead atoms. The summed E-state index contributed by atoms with van der Waals surface area (Å²) in [6, 6.07) is 4.03. The average Bonchev–Trinajstić information content (AvgIpc) is 3.51. The van der Waals surface area contributed by atoms with Crippen LogP contribution in [0.25, 0.3) is 0 Å². The predicted molar refractivity (Wildman–Crippen MR) is 107 cm³/mol. The van der Waals surface area contributed by atoms with Gasteiger partial charge in [-0.1, -0.05) is 0 Å². The van der Waals surface area contributed by atoms with Crippen LogP contribution in [0.5, 0.6) is 5.75 Å². The molecule has 2 fully saturated rings. The number of piperazine rings is 1. The standard InChI is InChI=1S/C19H27N5O5/c1-13(19(26)21-16-11-15(24(27)28)5-6-17(16)29-2)23-9-7-22(8-10-23)12-18(25)20-14-3-4-14/h5-6,11,13-14H,3-4,7-10,12H2,1-2H3,(H,20,25)(H,21,26). The molecule has 10 heteroatoms. The molecule has 2 aliphatic rings. The lowest BCUT2D eigenvalue weighted by Gasteiger charge is -2.37. The Hall–Kier alpha value is -2.72. The van der Waals surface area contributed by atoms with E-state index in [-0.39, 0.29) is 23.2 Å². The molecule has 0 aromatic heterocycles. The molecular formula is C19H27N5O5. The zero-order valence-electron chi connectivity index (χ0n) is 16.7. The first kappa shape index (κ1) is 21.0. The number of benzene rings is 1. The van der Waals surface area contributed by atoms with Gasteiger partial charge in [0.25, 0.3) is 5.69 Å². The molecule has 1 saturated heterocycles. The highest BCUT2D eigenvalue weighted by Gasteiger charge is 2.28. The fourth-order valence-corrected chi connectivity index (χ4v) is 3.32. The number of nitro groups is 1. The quantitative estimate of drug-likeness (QED) is 0.486. The first-order valence-corrected chi connectivity index (χ1v) is 9.76. The van der Waals surface area contributed by atoms with Crippen LogP contribution < -0.4 is 15.4 Å². The molecular weight excluding hydrogens is 378 g/mol. The minimum absolute atomic E-state index is 0.0597. The first-order valence-electron chi connectivity index (χ1n) is 9.76. The van der Waals surface area contributed by atoms with Gasteiger partial charge < -0.3 is 15.4 Å². The van der Waals surface area contributed by atoms with E-state index in [9.17, 15) is 19.7 Å². The van der Waals surface area contributed by atoms with Crippen LogP contribution in [-0.4, -0.2) is 78.5 Å². The Balaban J connectivity index is 1.52. The van der Waals surface area contributed by atoms with Gasteiger partial charge in [0.05, 0.1) is 30.3 Å². The van der Waals surface area contributed by atoms with E-state index in [4.69, 9.17) is 4.74 Å². The molecule has 10 nitrogen and oxygen atoms in total. The number of nitro benzene ring substituents is 1. The molecule has 1 atom stereocenters. The topological polar surface area (TPSA) is 117 Å². The number of methoxy groups -OCH3 is 1. The average molecular weight is 405 g/mol. The van der Waals surface area contributed by atoms with E-state index >= 15 is 0 Å². The summed E-state index contributed by atoms with van der Waals surface area (Å²) < 4.78 is 5.19. The second-order valence-electron chi connectivity index (χ2n) is 7.46. The van der Waals surface area contributed by atoms with E-state index in [0.29, 0.717) is 44.5 Å². The van der Waals surface area contributed by atoms with Crippen LogP contribution in [0.3, 0.4) is 0 Å². The van der Waals surface area contributed by atoms with Crippen molar-refractivity contribution in [2.75, 3.05) is 45.2 Å². The largest absolute Gasteiger partial charge is 0.495 e. The minimum atomic E-state index is -0.517. The molecule has 29 heavy (non-hydrogen) atoms. The summed E-state index contributed by atoms with van der Waals surface area (Å²) >= 11 is 0. The highest BCUT2D eigenvalue weighted by molar-refractivity contribution is 5.96. The summed E-state index contributed by atoms with van der Waals surface area (Å²) in [6.07, 6.45) is 2.14. The van der Waals surface area contributed by atoms with Gasteiger partial charge in [-0.2, -0.15) is 0 Å². The second-order valence-corrected chi connectivity index (χ2v) is 7.46. The van der Waals surface area contributed by atoms with E-state index in [1.807, 2.05) is 4.90 Å². The molecule has 1 saturated carbocycles. The number of anilines is 1. The number of non-ortho nitro benzene ring substituents is 1. The zero-order valence-corrected chi connectivity index (χ0v) is 16.7. The highest BCUT2D eigenvalue weighted by atomic mass is 16.6. The van der Waals surface area contributed by atoms with Gasteiger partial charge in [0.1, 0.15) is 5.75 Å². The molecule has 1 aliphatic heterocycles. The van der Waals surface area contributed by atoms with E-state index in [2.05, 4.69) is 15.5 Å². The Labute approximate surface area is 169 Å². The second kappa shape index (κ2) is 9.19. The van der Waals surface area contributed by atoms with Gasteiger partial charge in [-0.3, -0.25) is 29.5 Å². The smallest absolute Gasteiger partial charge is 0.271 e. The molecule has 2 amide bonds. The number of carbonyl (C=O) groups is 2. The Kier molecular flexibility index (Phi) is 6.65. The Morgan fingerprint density at radius 2 is 1.97 bits per heavy atom. The van der Waals surface area contributed by atoms with Crippen molar-refractivity contribution in [2.45, 2.75) is 31.8 Å². The number of ether oxygens (including phenoxy) is 1. The lowest BCUT2D eigenvalue weighted by molar-refractivity contribution is -0.384. The van der Waals surface area contributed by atoms with Gasteiger partial charge in [0, 0.05) is 44.4 Å². The molecule has 1 aliphatic carbocycles. The van der Waals surface area contributed by atoms with Gasteiger partial charge in [-0.15, -0.1) is 0 Å². The minimum Gasteiger partial charge on any atom is -0.495 e. The Morgan fingerprint density at radius 3 is 2.55 bits per heavy atom. The van der Waals surface area contributed by atoms with Gasteiger partial charge in [0.2, 0.25) is 11.8 Å². The summed E-state index contributed by atoms with van der Waals surface area (Å²) in [6.45, 7) is 4.92. The normalized spacial score (nSPS) is 18.7. The Bertz CT molecular complexity index is 774. The molecule has 2 N–H and O–H groups in total. The van der Waals surface area contributed by atoms with Crippen LogP contribution in [0.4, 0.5) is 11.4 Å². The van der Waals surface area contributed by atoms with Crippen LogP contribution >= 0.6 is 0 Å². The molecule has 3 rings (SSSR count). The summed E-state index contributed by atoms with van der Waals surface area (Å²) in [5, 5.41) is 16.7. The zero-order chi connectivity index (χ0) is 21.0. The van der Waals surface area contributed by atoms with Gasteiger partial charge in [0.15, 0.2) is 0 Å². The van der Waals surface area contributed by atoms with Crippen molar-refractivity contribution in [3.63, 3.8) is 0 Å². The van der Waals surface area contributed by atoms with Crippen molar-refractivity contribution in [1.82, 2.24) is 15.1 Å². The van der Waals surface area contributed by atoms with E-state index < -0.39 is 11.0 Å². The number of nitrogens with one attached hydrogen (secondary N) is 2. The van der Waals surface area contributed by atoms with Gasteiger partial charge in [-0.25, -0.2) is 0 Å². The first-order chi connectivity index (χ1) is 13.9. The highest BCUT2D eigenvalue weighted by Crippen LogP contribution is 2.29. The van der Waals surface area contributed by atoms with Crippen LogP contribution in [0.15, 0.2) is 18.2 Å². The SMILES string of the molecule is COc1ccc([N+](=O)[O-])cc1NC(=O)C(C)N1CCN(CC(=O)NC2CC2)CC1. The van der Waals surface area contributed by atoms with Crippen molar-refractivity contribution in [1.29, 1.82) is 0 Å². The predicted octanol–water partition coefficient (Wildman–Crippen LogP) is 0.827. The van der Waals surface area contributed by atoms with Crippen molar-refractivity contribution < 1.29 is 19.2 Å². The number of nitrogens with zero attached hydrogens (tertiary/aromatic N) is 3. The number of carbonyl (C=O) groups excluding carboxylic acids is 2. The third-order valence-corrected chi connectivity index (χ3v) is 5.30. The van der Waals surface area contributed by atoms with E-state index in [1.165, 1.54) is 25.3 Å². The van der Waals surface area contributed by atoms with Crippen LogP contribution in [0, 0.1) is 10.1 Å². The van der Waals surface area contributed by atoms with Gasteiger partial charge >= 0.3 is 0 Å². The maximum absolute atomic E-state index is 12.7. The van der Waals surface area contributed by atoms with Crippen LogP contribution in [-0.2, 0) is 9.59 Å². The third-order valence-electron chi connectivity index (χ3n) is 5.30. The summed E-state index contributed by atoms with van der Waals surface area (Å²) in [5.74, 6) is 0.163. The van der Waals surface area contributed by atoms with E-state index in [0.717, 1.165) is 12.8 Å². The monoisotopic (exact) mass is 405 g/mol. The number of hydrogen-bond donors (Lipinski definition) is 2. The van der Waals surface area contributed by atoms with E-state index in [1.54, 1.807) is 6.92 Å². The number of rotatable bonds is 8.